The van der Waals surface area contributed by atoms with E-state index < -0.39 is 16.3 Å². The monoisotopic (exact) mass is 506 g/mol. The molecule has 35 heavy (non-hydrogen) atoms. The van der Waals surface area contributed by atoms with Crippen LogP contribution in [-0.4, -0.2) is 78.9 Å². The molecule has 0 atom stereocenters. The fourth-order valence-corrected chi connectivity index (χ4v) is 4.06. The second kappa shape index (κ2) is 11.2. The van der Waals surface area contributed by atoms with Gasteiger partial charge in [-0.3, -0.25) is 0 Å². The minimum absolute atomic E-state index is 0.0603. The van der Waals surface area contributed by atoms with Gasteiger partial charge < -0.3 is 24.9 Å². The van der Waals surface area contributed by atoms with E-state index in [9.17, 15) is 12.8 Å². The predicted octanol–water partition coefficient (Wildman–Crippen LogP) is 1.16. The van der Waals surface area contributed by atoms with Crippen LogP contribution in [0.15, 0.2) is 36.5 Å². The minimum atomic E-state index is -3.28. The van der Waals surface area contributed by atoms with Gasteiger partial charge in [-0.15, -0.1) is 0 Å². The van der Waals surface area contributed by atoms with Crippen LogP contribution in [-0.2, 0) is 25.9 Å². The number of hydrogen-bond acceptors (Lipinski definition) is 9. The van der Waals surface area contributed by atoms with Crippen molar-refractivity contribution in [2.45, 2.75) is 12.7 Å². The average Bonchev–Trinajstić information content (AvgIpc) is 3.26. The minimum Gasteiger partial charge on any atom is -0.395 e. The third-order valence-corrected chi connectivity index (χ3v) is 5.90. The number of anilines is 1. The summed E-state index contributed by atoms with van der Waals surface area (Å²) in [4.78, 5) is 16.6. The van der Waals surface area contributed by atoms with Crippen molar-refractivity contribution in [2.24, 2.45) is 5.92 Å². The number of benzene rings is 1. The highest BCUT2D eigenvalue weighted by Gasteiger charge is 2.25. The molecule has 0 spiro atoms. The summed E-state index contributed by atoms with van der Waals surface area (Å²) in [5.74, 6) is 0.493. The Morgan fingerprint density at radius 3 is 2.60 bits per heavy atom. The van der Waals surface area contributed by atoms with Crippen molar-refractivity contribution in [3.63, 3.8) is 0 Å². The molecule has 2 aromatic heterocycles. The van der Waals surface area contributed by atoms with E-state index in [1.165, 1.54) is 12.1 Å². The highest BCUT2D eigenvalue weighted by molar-refractivity contribution is 7.88. The van der Waals surface area contributed by atoms with Gasteiger partial charge in [-0.25, -0.2) is 32.5 Å². The number of aliphatic hydroxyl groups is 1. The summed E-state index contributed by atoms with van der Waals surface area (Å²) in [5.41, 5.74) is 2.46. The third kappa shape index (κ3) is 7.02. The van der Waals surface area contributed by atoms with E-state index in [0.717, 1.165) is 6.26 Å². The van der Waals surface area contributed by atoms with E-state index >= 15 is 0 Å². The number of H-pyrrole nitrogens is 1. The summed E-state index contributed by atoms with van der Waals surface area (Å²) in [6, 6.07) is 7.72. The number of aromatic amines is 1. The highest BCUT2D eigenvalue weighted by Crippen LogP contribution is 2.30. The van der Waals surface area contributed by atoms with E-state index in [-0.39, 0.29) is 24.9 Å². The molecule has 13 heteroatoms. The molecular formula is C22H27FN6O5S. The number of nitrogens with one attached hydrogen (secondary N) is 3. The van der Waals surface area contributed by atoms with Crippen LogP contribution in [0.2, 0.25) is 0 Å². The number of halogens is 1. The van der Waals surface area contributed by atoms with Crippen molar-refractivity contribution in [3.05, 3.63) is 48.2 Å². The first kappa shape index (κ1) is 25.1. The molecule has 1 aliphatic heterocycles. The number of nitrogens with zero attached hydrogens (tertiary/aromatic N) is 3. The summed E-state index contributed by atoms with van der Waals surface area (Å²) >= 11 is 0. The molecule has 1 aliphatic rings. The normalized spacial score (nSPS) is 18.5. The summed E-state index contributed by atoms with van der Waals surface area (Å²) < 4.78 is 50.1. The number of aliphatic hydroxyl groups excluding tert-OH is 1. The Kier molecular flexibility index (Phi) is 8.03. The topological polar surface area (TPSA) is 151 Å². The zero-order chi connectivity index (χ0) is 24.8. The van der Waals surface area contributed by atoms with Crippen molar-refractivity contribution < 1.29 is 27.4 Å². The Morgan fingerprint density at radius 1 is 1.17 bits per heavy atom. The maximum atomic E-state index is 13.5. The molecule has 188 valence electrons. The van der Waals surface area contributed by atoms with Crippen LogP contribution in [0.3, 0.4) is 0 Å². The van der Waals surface area contributed by atoms with Crippen molar-refractivity contribution in [3.8, 4) is 22.6 Å². The number of imidazole rings is 1. The lowest BCUT2D eigenvalue weighted by atomic mass is 10.1. The Hall–Kier alpha value is -2.97. The van der Waals surface area contributed by atoms with Gasteiger partial charge in [-0.2, -0.15) is 0 Å². The molecule has 1 aromatic carbocycles. The Morgan fingerprint density at radius 2 is 1.91 bits per heavy atom. The Bertz CT molecular complexity index is 1230. The SMILES string of the molecule is CS(=O)(=O)NCC1COC(Cc2nc(-c3ccc(F)cc3)c(-c3ccnc(NCCO)n3)[nH]2)OC1. The van der Waals surface area contributed by atoms with Gasteiger partial charge in [0.25, 0.3) is 0 Å². The van der Waals surface area contributed by atoms with Gasteiger partial charge in [-0.1, -0.05) is 0 Å². The number of ether oxygens (including phenoxy) is 2. The lowest BCUT2D eigenvalue weighted by Crippen LogP contribution is -2.39. The molecule has 0 unspecified atom stereocenters. The molecule has 3 heterocycles. The van der Waals surface area contributed by atoms with Gasteiger partial charge in [0.1, 0.15) is 11.6 Å². The fraction of sp³-hybridized carbons (Fsp3) is 0.409. The number of sulfonamides is 1. The summed E-state index contributed by atoms with van der Waals surface area (Å²) in [7, 11) is -3.28. The molecule has 4 rings (SSSR count). The van der Waals surface area contributed by atoms with Crippen LogP contribution in [0.1, 0.15) is 5.82 Å². The summed E-state index contributed by atoms with van der Waals surface area (Å²) in [6.07, 6.45) is 2.46. The molecule has 3 aromatic rings. The fourth-order valence-electron chi connectivity index (χ4n) is 3.52. The van der Waals surface area contributed by atoms with Crippen molar-refractivity contribution in [1.29, 1.82) is 0 Å². The smallest absolute Gasteiger partial charge is 0.223 e. The maximum Gasteiger partial charge on any atom is 0.223 e. The number of aromatic nitrogens is 4. The lowest BCUT2D eigenvalue weighted by molar-refractivity contribution is -0.198. The number of hydrogen-bond donors (Lipinski definition) is 4. The van der Waals surface area contributed by atoms with E-state index in [1.54, 1.807) is 24.4 Å². The molecule has 0 saturated carbocycles. The quantitative estimate of drug-likeness (QED) is 0.317. The largest absolute Gasteiger partial charge is 0.395 e. The molecule has 0 amide bonds. The molecule has 1 fully saturated rings. The van der Waals surface area contributed by atoms with E-state index in [1.807, 2.05) is 0 Å². The van der Waals surface area contributed by atoms with Crippen LogP contribution in [0.5, 0.6) is 0 Å². The molecule has 11 nitrogen and oxygen atoms in total. The van der Waals surface area contributed by atoms with E-state index in [0.29, 0.717) is 60.6 Å². The summed E-state index contributed by atoms with van der Waals surface area (Å²) in [6.45, 7) is 1.18. The van der Waals surface area contributed by atoms with Gasteiger partial charge >= 0.3 is 0 Å². The first-order valence-corrected chi connectivity index (χ1v) is 12.9. The van der Waals surface area contributed by atoms with Crippen molar-refractivity contribution in [2.75, 3.05) is 44.5 Å². The average molecular weight is 507 g/mol. The molecule has 0 radical (unpaired) electrons. The second-order valence-electron chi connectivity index (χ2n) is 8.12. The second-order valence-corrected chi connectivity index (χ2v) is 9.95. The maximum absolute atomic E-state index is 13.5. The summed E-state index contributed by atoms with van der Waals surface area (Å²) in [5, 5.41) is 12.0. The standard InChI is InChI=1S/C22H27FN6O5S/c1-35(31,32)26-11-14-12-33-19(34-13-14)10-18-28-20(15-2-4-16(23)5-3-15)21(29-18)17-6-7-24-22(27-17)25-8-9-30/h2-7,14,19,26,30H,8-13H2,1H3,(H,28,29)(H,24,25,27). The van der Waals surface area contributed by atoms with Crippen LogP contribution in [0.4, 0.5) is 10.3 Å². The van der Waals surface area contributed by atoms with E-state index in [2.05, 4.69) is 25.0 Å². The Labute approximate surface area is 202 Å². The zero-order valence-corrected chi connectivity index (χ0v) is 19.9. The van der Waals surface area contributed by atoms with Crippen LogP contribution < -0.4 is 10.0 Å². The lowest BCUT2D eigenvalue weighted by Gasteiger charge is -2.28. The molecular weight excluding hydrogens is 479 g/mol. The molecule has 4 N–H and O–H groups in total. The molecule has 1 saturated heterocycles. The van der Waals surface area contributed by atoms with Crippen LogP contribution in [0, 0.1) is 11.7 Å². The van der Waals surface area contributed by atoms with Gasteiger partial charge in [0.2, 0.25) is 16.0 Å². The van der Waals surface area contributed by atoms with Gasteiger partial charge in [-0.05, 0) is 30.3 Å². The first-order valence-electron chi connectivity index (χ1n) is 11.0. The highest BCUT2D eigenvalue weighted by atomic mass is 32.2. The van der Waals surface area contributed by atoms with Crippen LogP contribution in [0.25, 0.3) is 22.6 Å². The van der Waals surface area contributed by atoms with Crippen LogP contribution >= 0.6 is 0 Å². The van der Waals surface area contributed by atoms with Gasteiger partial charge in [0.15, 0.2) is 6.29 Å². The van der Waals surface area contributed by atoms with Crippen molar-refractivity contribution in [1.82, 2.24) is 24.7 Å². The van der Waals surface area contributed by atoms with E-state index in [4.69, 9.17) is 19.6 Å². The zero-order valence-electron chi connectivity index (χ0n) is 19.1. The van der Waals surface area contributed by atoms with Gasteiger partial charge in [0, 0.05) is 30.8 Å². The first-order chi connectivity index (χ1) is 16.8. The third-order valence-electron chi connectivity index (χ3n) is 5.21. The van der Waals surface area contributed by atoms with Crippen molar-refractivity contribution >= 4 is 16.0 Å². The molecule has 0 aliphatic carbocycles. The molecule has 0 bridgehead atoms. The number of rotatable bonds is 10. The van der Waals surface area contributed by atoms with Gasteiger partial charge in [0.05, 0.1) is 49.6 Å². The Balaban J connectivity index is 1.53. The predicted molar refractivity (Wildman–Crippen MR) is 126 cm³/mol.